The molecule has 0 saturated carbocycles. The van der Waals surface area contributed by atoms with Gasteiger partial charge in [0.2, 0.25) is 0 Å². The molecule has 0 radical (unpaired) electrons. The third-order valence-electron chi connectivity index (χ3n) is 5.44. The highest BCUT2D eigenvalue weighted by Crippen LogP contribution is 2.23. The number of nitrogens with zero attached hydrogens (tertiary/aromatic N) is 2. The van der Waals surface area contributed by atoms with Gasteiger partial charge in [-0.05, 0) is 72.3 Å². The Labute approximate surface area is 200 Å². The van der Waals surface area contributed by atoms with Gasteiger partial charge in [0.05, 0.1) is 6.54 Å². The molecule has 1 N–H and O–H groups in total. The summed E-state index contributed by atoms with van der Waals surface area (Å²) in [6.07, 6.45) is 1.59. The van der Waals surface area contributed by atoms with Gasteiger partial charge in [-0.1, -0.05) is 30.3 Å². The van der Waals surface area contributed by atoms with Crippen LogP contribution < -0.4 is 15.6 Å². The first-order chi connectivity index (χ1) is 17.1. The predicted octanol–water partition coefficient (Wildman–Crippen LogP) is 5.63. The van der Waals surface area contributed by atoms with E-state index in [0.717, 1.165) is 0 Å². The molecule has 6 nitrogen and oxygen atoms in total. The summed E-state index contributed by atoms with van der Waals surface area (Å²) in [5, 5.41) is 3.42. The van der Waals surface area contributed by atoms with E-state index in [9.17, 15) is 14.0 Å². The van der Waals surface area contributed by atoms with Crippen LogP contribution in [0.4, 0.5) is 10.1 Å². The number of para-hydroxylation sites is 1. The van der Waals surface area contributed by atoms with Crippen molar-refractivity contribution in [1.82, 2.24) is 9.55 Å². The largest absolute Gasteiger partial charge is 0.457 e. The third kappa shape index (κ3) is 4.94. The maximum absolute atomic E-state index is 13.3. The van der Waals surface area contributed by atoms with E-state index >= 15 is 0 Å². The molecule has 0 fully saturated rings. The molecule has 0 aliphatic heterocycles. The van der Waals surface area contributed by atoms with Gasteiger partial charge in [0.15, 0.2) is 0 Å². The monoisotopic (exact) mass is 465 g/mol. The minimum atomic E-state index is -0.537. The number of carbonyl (C=O) groups is 1. The van der Waals surface area contributed by atoms with E-state index in [-0.39, 0.29) is 17.9 Å². The van der Waals surface area contributed by atoms with Gasteiger partial charge in [0.25, 0.3) is 11.5 Å². The Morgan fingerprint density at radius 2 is 1.60 bits per heavy atom. The number of benzene rings is 3. The van der Waals surface area contributed by atoms with Crippen molar-refractivity contribution in [3.05, 3.63) is 131 Å². The molecule has 3 aromatic carbocycles. The molecule has 0 spiro atoms. The number of fused-ring (bicyclic) bond motifs is 1. The Bertz CT molecular complexity index is 1550. The van der Waals surface area contributed by atoms with E-state index in [2.05, 4.69) is 10.3 Å². The van der Waals surface area contributed by atoms with Gasteiger partial charge < -0.3 is 10.1 Å². The predicted molar refractivity (Wildman–Crippen MR) is 132 cm³/mol. The fraction of sp³-hybridized carbons (Fsp3) is 0.0357. The quantitative estimate of drug-likeness (QED) is 0.353. The Morgan fingerprint density at radius 1 is 0.886 bits per heavy atom. The van der Waals surface area contributed by atoms with Crippen LogP contribution in [0.15, 0.2) is 108 Å². The molecule has 0 bridgehead atoms. The summed E-state index contributed by atoms with van der Waals surface area (Å²) in [5.74, 6) is 0.422. The molecule has 1 amide bonds. The van der Waals surface area contributed by atoms with Gasteiger partial charge in [-0.2, -0.15) is 0 Å². The Balaban J connectivity index is 1.42. The van der Waals surface area contributed by atoms with E-state index in [1.165, 1.54) is 22.8 Å². The summed E-state index contributed by atoms with van der Waals surface area (Å²) < 4.78 is 20.5. The zero-order valence-corrected chi connectivity index (χ0v) is 18.5. The summed E-state index contributed by atoms with van der Waals surface area (Å²) >= 11 is 0. The molecule has 7 heteroatoms. The van der Waals surface area contributed by atoms with E-state index in [1.807, 2.05) is 30.3 Å². The van der Waals surface area contributed by atoms with Crippen molar-refractivity contribution in [2.24, 2.45) is 0 Å². The number of hydrogen-bond acceptors (Lipinski definition) is 4. The molecule has 5 rings (SSSR count). The molecule has 0 aliphatic carbocycles. The molecule has 0 aliphatic rings. The van der Waals surface area contributed by atoms with Crippen molar-refractivity contribution in [1.29, 1.82) is 0 Å². The standard InChI is InChI=1S/C28H20FN3O3/c29-21-10-8-19(9-11-21)18-32-26-20(5-4-16-30-26)17-25(28(32)34)27(33)31-22-12-14-24(15-13-22)35-23-6-2-1-3-7-23/h1-17H,18H2,(H,31,33). The first-order valence-electron chi connectivity index (χ1n) is 10.9. The van der Waals surface area contributed by atoms with Crippen molar-refractivity contribution < 1.29 is 13.9 Å². The van der Waals surface area contributed by atoms with Crippen LogP contribution in [0.5, 0.6) is 11.5 Å². The van der Waals surface area contributed by atoms with Crippen molar-refractivity contribution >= 4 is 22.6 Å². The number of halogens is 1. The third-order valence-corrected chi connectivity index (χ3v) is 5.44. The number of amides is 1. The first-order valence-corrected chi connectivity index (χ1v) is 10.9. The molecule has 172 valence electrons. The number of aromatic nitrogens is 2. The number of hydrogen-bond donors (Lipinski definition) is 1. The second-order valence-electron chi connectivity index (χ2n) is 7.89. The highest BCUT2D eigenvalue weighted by atomic mass is 19.1. The molecular formula is C28H20FN3O3. The average Bonchev–Trinajstić information content (AvgIpc) is 2.88. The van der Waals surface area contributed by atoms with Crippen molar-refractivity contribution in [3.63, 3.8) is 0 Å². The van der Waals surface area contributed by atoms with Crippen molar-refractivity contribution in [3.8, 4) is 11.5 Å². The first kappa shape index (κ1) is 22.0. The van der Waals surface area contributed by atoms with Crippen LogP contribution in [0.25, 0.3) is 11.0 Å². The topological polar surface area (TPSA) is 73.2 Å². The van der Waals surface area contributed by atoms with Gasteiger partial charge in [-0.3, -0.25) is 14.2 Å². The zero-order valence-electron chi connectivity index (χ0n) is 18.5. The lowest BCUT2D eigenvalue weighted by Gasteiger charge is -2.13. The van der Waals surface area contributed by atoms with Gasteiger partial charge >= 0.3 is 0 Å². The van der Waals surface area contributed by atoms with Gasteiger partial charge in [0.1, 0.15) is 28.5 Å². The van der Waals surface area contributed by atoms with Crippen LogP contribution in [0.3, 0.4) is 0 Å². The number of carbonyl (C=O) groups excluding carboxylic acids is 1. The van der Waals surface area contributed by atoms with Crippen molar-refractivity contribution in [2.75, 3.05) is 5.32 Å². The summed E-state index contributed by atoms with van der Waals surface area (Å²) in [4.78, 5) is 30.7. The SMILES string of the molecule is O=C(Nc1ccc(Oc2ccccc2)cc1)c1cc2cccnc2n(Cc2ccc(F)cc2)c1=O. The van der Waals surface area contributed by atoms with Crippen LogP contribution in [0.2, 0.25) is 0 Å². The number of nitrogens with one attached hydrogen (secondary N) is 1. The lowest BCUT2D eigenvalue weighted by Crippen LogP contribution is -2.30. The minimum absolute atomic E-state index is 0.0165. The summed E-state index contributed by atoms with van der Waals surface area (Å²) in [5.41, 5.74) is 1.18. The zero-order chi connectivity index (χ0) is 24.2. The van der Waals surface area contributed by atoms with E-state index < -0.39 is 11.5 Å². The molecular weight excluding hydrogens is 445 g/mol. The van der Waals surface area contributed by atoms with Gasteiger partial charge in [-0.25, -0.2) is 9.37 Å². The van der Waals surface area contributed by atoms with E-state index in [0.29, 0.717) is 33.8 Å². The molecule has 0 atom stereocenters. The van der Waals surface area contributed by atoms with Crippen LogP contribution >= 0.6 is 0 Å². The Kier molecular flexibility index (Phi) is 6.05. The minimum Gasteiger partial charge on any atom is -0.457 e. The highest BCUT2D eigenvalue weighted by Gasteiger charge is 2.17. The number of anilines is 1. The molecule has 35 heavy (non-hydrogen) atoms. The maximum atomic E-state index is 13.3. The van der Waals surface area contributed by atoms with Gasteiger partial charge in [-0.15, -0.1) is 0 Å². The number of rotatable bonds is 6. The summed E-state index contributed by atoms with van der Waals surface area (Å²) in [7, 11) is 0. The van der Waals surface area contributed by atoms with Crippen LogP contribution in [0.1, 0.15) is 15.9 Å². The van der Waals surface area contributed by atoms with E-state index in [1.54, 1.807) is 54.7 Å². The second-order valence-corrected chi connectivity index (χ2v) is 7.89. The summed E-state index contributed by atoms with van der Waals surface area (Å²) in [6.45, 7) is 0.152. The van der Waals surface area contributed by atoms with Crippen molar-refractivity contribution in [2.45, 2.75) is 6.54 Å². The highest BCUT2D eigenvalue weighted by molar-refractivity contribution is 6.05. The van der Waals surface area contributed by atoms with E-state index in [4.69, 9.17) is 4.74 Å². The summed E-state index contributed by atoms with van der Waals surface area (Å²) in [6, 6.07) is 27.2. The molecule has 2 heterocycles. The fourth-order valence-electron chi connectivity index (χ4n) is 3.72. The smallest absolute Gasteiger partial charge is 0.265 e. The fourth-order valence-corrected chi connectivity index (χ4v) is 3.72. The Morgan fingerprint density at radius 3 is 2.34 bits per heavy atom. The molecule has 0 saturated heterocycles. The maximum Gasteiger partial charge on any atom is 0.265 e. The van der Waals surface area contributed by atoms with Crippen LogP contribution in [-0.4, -0.2) is 15.5 Å². The molecule has 2 aromatic heterocycles. The van der Waals surface area contributed by atoms with Gasteiger partial charge in [0, 0.05) is 17.3 Å². The number of ether oxygens (including phenoxy) is 1. The lowest BCUT2D eigenvalue weighted by atomic mass is 10.1. The second kappa shape index (κ2) is 9.61. The molecule has 5 aromatic rings. The number of pyridine rings is 2. The average molecular weight is 465 g/mol. The lowest BCUT2D eigenvalue weighted by molar-refractivity contribution is 0.102. The van der Waals surface area contributed by atoms with Crippen LogP contribution in [-0.2, 0) is 6.54 Å². The molecule has 0 unspecified atom stereocenters. The Hall–Kier alpha value is -4.78. The van der Waals surface area contributed by atoms with Crippen LogP contribution in [0, 0.1) is 5.82 Å². The normalized spacial score (nSPS) is 10.8.